The van der Waals surface area contributed by atoms with E-state index in [1.54, 1.807) is 6.08 Å². The summed E-state index contributed by atoms with van der Waals surface area (Å²) in [6.07, 6.45) is 1.73. The predicted octanol–water partition coefficient (Wildman–Crippen LogP) is 2.38. The third-order valence-corrected chi connectivity index (χ3v) is 6.00. The summed E-state index contributed by atoms with van der Waals surface area (Å²) in [6, 6.07) is 5.10. The highest BCUT2D eigenvalue weighted by Crippen LogP contribution is 2.21. The van der Waals surface area contributed by atoms with Crippen LogP contribution in [0.2, 0.25) is 25.7 Å². The normalized spacial score (nSPS) is 18.3. The van der Waals surface area contributed by atoms with Crippen LogP contribution in [0.15, 0.2) is 23.2 Å². The lowest BCUT2D eigenvalue weighted by molar-refractivity contribution is -0.133. The van der Waals surface area contributed by atoms with Crippen molar-refractivity contribution in [1.82, 2.24) is 4.57 Å². The molecular formula is C18H31N3O3Si. The lowest BCUT2D eigenvalue weighted by Gasteiger charge is -2.36. The van der Waals surface area contributed by atoms with E-state index in [1.807, 2.05) is 30.5 Å². The van der Waals surface area contributed by atoms with Gasteiger partial charge in [-0.25, -0.2) is 0 Å². The summed E-state index contributed by atoms with van der Waals surface area (Å²) < 4.78 is 12.7. The van der Waals surface area contributed by atoms with E-state index in [-0.39, 0.29) is 19.9 Å². The van der Waals surface area contributed by atoms with Gasteiger partial charge in [0, 0.05) is 32.1 Å². The lowest BCUT2D eigenvalue weighted by Crippen LogP contribution is -2.55. The zero-order chi connectivity index (χ0) is 18.7. The minimum atomic E-state index is -1.12. The van der Waals surface area contributed by atoms with E-state index in [9.17, 15) is 5.11 Å². The van der Waals surface area contributed by atoms with Crippen LogP contribution in [0.3, 0.4) is 0 Å². The third-order valence-electron chi connectivity index (χ3n) is 4.30. The molecular weight excluding hydrogens is 334 g/mol. The first-order chi connectivity index (χ1) is 11.6. The largest absolute Gasteiger partial charge is 0.385 e. The zero-order valence-corrected chi connectivity index (χ0v) is 17.0. The van der Waals surface area contributed by atoms with E-state index in [1.165, 1.54) is 0 Å². The van der Waals surface area contributed by atoms with Gasteiger partial charge < -0.3 is 24.9 Å². The number of ether oxygens (including phenoxy) is 2. The van der Waals surface area contributed by atoms with Crippen LogP contribution in [0, 0.1) is 13.8 Å². The van der Waals surface area contributed by atoms with Crippen molar-refractivity contribution in [3.8, 4) is 0 Å². The number of hydrogen-bond acceptors (Lipinski definition) is 5. The number of nitrogens with zero attached hydrogens (tertiary/aromatic N) is 2. The molecule has 1 saturated heterocycles. The molecule has 0 spiro atoms. The summed E-state index contributed by atoms with van der Waals surface area (Å²) in [5.74, 6) is 0.529. The molecule has 7 heteroatoms. The van der Waals surface area contributed by atoms with Crippen molar-refractivity contribution in [3.63, 3.8) is 0 Å². The Kier molecular flexibility index (Phi) is 6.26. The number of hydrogen-bond donors (Lipinski definition) is 2. The summed E-state index contributed by atoms with van der Waals surface area (Å²) in [5, 5.41) is 10.6. The van der Waals surface area contributed by atoms with Crippen LogP contribution in [0.1, 0.15) is 11.4 Å². The Morgan fingerprint density at radius 1 is 1.36 bits per heavy atom. The van der Waals surface area contributed by atoms with Gasteiger partial charge in [0.05, 0.1) is 18.9 Å². The van der Waals surface area contributed by atoms with Crippen LogP contribution in [0.5, 0.6) is 0 Å². The zero-order valence-electron chi connectivity index (χ0n) is 16.0. The van der Waals surface area contributed by atoms with Crippen LogP contribution >= 0.6 is 0 Å². The Balaban J connectivity index is 2.11. The predicted molar refractivity (Wildman–Crippen MR) is 105 cm³/mol. The number of aryl methyl sites for hydroxylation is 2. The summed E-state index contributed by atoms with van der Waals surface area (Å²) >= 11 is 0. The molecule has 1 aliphatic rings. The Labute approximate surface area is 151 Å². The quantitative estimate of drug-likeness (QED) is 0.421. The summed E-state index contributed by atoms with van der Waals surface area (Å²) in [6.45, 7) is 12.3. The van der Waals surface area contributed by atoms with E-state index in [4.69, 9.17) is 15.2 Å². The van der Waals surface area contributed by atoms with Gasteiger partial charge >= 0.3 is 0 Å². The Morgan fingerprint density at radius 2 is 1.96 bits per heavy atom. The lowest BCUT2D eigenvalue weighted by atomic mass is 9.95. The van der Waals surface area contributed by atoms with E-state index in [2.05, 4.69) is 24.6 Å². The molecule has 1 aromatic heterocycles. The smallest absolute Gasteiger partial charge is 0.152 e. The van der Waals surface area contributed by atoms with Gasteiger partial charge in [-0.1, -0.05) is 19.6 Å². The molecule has 0 radical (unpaired) electrons. The molecule has 1 aliphatic heterocycles. The SMILES string of the molecule is Cc1ccc(C)n1C(N)=CC(=NCOCC[Si](C)(C)C)C1(O)COC1. The van der Waals surface area contributed by atoms with Crippen LogP contribution in [-0.2, 0) is 9.47 Å². The number of aliphatic imine (C=N–C) groups is 1. The van der Waals surface area contributed by atoms with Crippen LogP contribution in [0.25, 0.3) is 5.82 Å². The van der Waals surface area contributed by atoms with Crippen LogP contribution in [0.4, 0.5) is 0 Å². The molecule has 0 unspecified atom stereocenters. The van der Waals surface area contributed by atoms with Crippen molar-refractivity contribution < 1.29 is 14.6 Å². The maximum atomic E-state index is 10.6. The molecule has 0 amide bonds. The first kappa shape index (κ1) is 19.9. The highest BCUT2D eigenvalue weighted by atomic mass is 28.3. The Morgan fingerprint density at radius 3 is 2.44 bits per heavy atom. The third kappa shape index (κ3) is 5.28. The molecule has 0 saturated carbocycles. The second-order valence-corrected chi connectivity index (χ2v) is 13.6. The Hall–Kier alpha value is -1.41. The van der Waals surface area contributed by atoms with Gasteiger partial charge in [-0.15, -0.1) is 0 Å². The van der Waals surface area contributed by atoms with Gasteiger partial charge in [0.25, 0.3) is 0 Å². The van der Waals surface area contributed by atoms with Gasteiger partial charge in [0.1, 0.15) is 12.6 Å². The average molecular weight is 366 g/mol. The summed E-state index contributed by atoms with van der Waals surface area (Å²) in [5.41, 5.74) is 7.76. The van der Waals surface area contributed by atoms with E-state index >= 15 is 0 Å². The van der Waals surface area contributed by atoms with Gasteiger partial charge in [-0.3, -0.25) is 4.99 Å². The fourth-order valence-electron chi connectivity index (χ4n) is 2.61. The molecule has 1 aromatic rings. The van der Waals surface area contributed by atoms with Crippen molar-refractivity contribution in [3.05, 3.63) is 29.6 Å². The molecule has 2 heterocycles. The van der Waals surface area contributed by atoms with Crippen LogP contribution in [-0.4, -0.2) is 55.6 Å². The average Bonchev–Trinajstić information content (AvgIpc) is 2.81. The fourth-order valence-corrected chi connectivity index (χ4v) is 3.37. The van der Waals surface area contributed by atoms with Gasteiger partial charge in [-0.2, -0.15) is 0 Å². The summed E-state index contributed by atoms with van der Waals surface area (Å²) in [4.78, 5) is 4.46. The first-order valence-electron chi connectivity index (χ1n) is 8.68. The number of aromatic nitrogens is 1. The molecule has 1 fully saturated rings. The molecule has 0 aromatic carbocycles. The molecule has 0 bridgehead atoms. The molecule has 6 nitrogen and oxygen atoms in total. The van der Waals surface area contributed by atoms with E-state index in [0.29, 0.717) is 18.1 Å². The minimum absolute atomic E-state index is 0.218. The number of aliphatic hydroxyl groups is 1. The molecule has 25 heavy (non-hydrogen) atoms. The minimum Gasteiger partial charge on any atom is -0.385 e. The number of rotatable bonds is 8. The maximum Gasteiger partial charge on any atom is 0.152 e. The number of nitrogens with two attached hydrogens (primary N) is 1. The molecule has 0 aliphatic carbocycles. The molecule has 0 atom stereocenters. The monoisotopic (exact) mass is 365 g/mol. The van der Waals surface area contributed by atoms with E-state index in [0.717, 1.165) is 17.4 Å². The van der Waals surface area contributed by atoms with Crippen LogP contribution < -0.4 is 5.73 Å². The van der Waals surface area contributed by atoms with Crippen molar-refractivity contribution in [2.75, 3.05) is 26.6 Å². The summed E-state index contributed by atoms with van der Waals surface area (Å²) in [7, 11) is -1.12. The molecule has 3 N–H and O–H groups in total. The highest BCUT2D eigenvalue weighted by Gasteiger charge is 2.40. The van der Waals surface area contributed by atoms with Crippen molar-refractivity contribution >= 4 is 19.6 Å². The Bertz CT molecular complexity index is 636. The fraction of sp³-hybridized carbons (Fsp3) is 0.611. The second-order valence-electron chi connectivity index (χ2n) is 7.94. The standard InChI is InChI=1S/C18H31N3O3Si/c1-14-6-7-15(2)21(14)17(19)10-16(18(22)11-24-12-18)20-13-23-8-9-25(3,4)5/h6-7,10,22H,8-9,11-13,19H2,1-5H3. The molecule has 2 rings (SSSR count). The first-order valence-corrected chi connectivity index (χ1v) is 12.4. The van der Waals surface area contributed by atoms with Crippen molar-refractivity contribution in [2.45, 2.75) is 45.1 Å². The van der Waals surface area contributed by atoms with E-state index < -0.39 is 13.7 Å². The van der Waals surface area contributed by atoms with Crippen molar-refractivity contribution in [1.29, 1.82) is 0 Å². The van der Waals surface area contributed by atoms with Gasteiger partial charge in [-0.05, 0) is 32.0 Å². The van der Waals surface area contributed by atoms with Gasteiger partial charge in [0.15, 0.2) is 5.60 Å². The molecule has 140 valence electrons. The van der Waals surface area contributed by atoms with Gasteiger partial charge in [0.2, 0.25) is 0 Å². The topological polar surface area (TPSA) is 82.0 Å². The maximum absolute atomic E-state index is 10.6. The second kappa shape index (κ2) is 7.86. The van der Waals surface area contributed by atoms with Crippen molar-refractivity contribution in [2.24, 2.45) is 10.7 Å². The highest BCUT2D eigenvalue weighted by molar-refractivity contribution is 6.76.